The molecule has 178 valence electrons. The van der Waals surface area contributed by atoms with Crippen LogP contribution in [-0.4, -0.2) is 30.8 Å². The molecule has 3 rings (SSSR count). The molecule has 0 spiro atoms. The zero-order valence-electron chi connectivity index (χ0n) is 19.6. The molecule has 1 aromatic rings. The molecule has 0 radical (unpaired) electrons. The quantitative estimate of drug-likeness (QED) is 0.448. The van der Waals surface area contributed by atoms with Gasteiger partial charge in [0, 0.05) is 13.1 Å². The summed E-state index contributed by atoms with van der Waals surface area (Å²) in [7, 11) is 0. The number of halogens is 3. The fraction of sp³-hybridized carbons (Fsp3) is 0.615. The summed E-state index contributed by atoms with van der Waals surface area (Å²) in [4.78, 5) is 11.6. The molecule has 0 N–H and O–H groups in total. The van der Waals surface area contributed by atoms with E-state index in [1.54, 1.807) is 12.1 Å². The van der Waals surface area contributed by atoms with Gasteiger partial charge >= 0.3 is 6.18 Å². The lowest BCUT2D eigenvalue weighted by Crippen LogP contribution is -2.31. The minimum Gasteiger partial charge on any atom is -0.302 e. The van der Waals surface area contributed by atoms with Gasteiger partial charge in [-0.25, -0.2) is 0 Å². The summed E-state index contributed by atoms with van der Waals surface area (Å²) in [6.45, 7) is 9.27. The molecule has 0 amide bonds. The zero-order chi connectivity index (χ0) is 24.0. The third kappa shape index (κ3) is 9.99. The van der Waals surface area contributed by atoms with E-state index in [-0.39, 0.29) is 6.42 Å². The Labute approximate surface area is 191 Å². The number of rotatable bonds is 5. The second-order valence-corrected chi connectivity index (χ2v) is 8.30. The van der Waals surface area contributed by atoms with Gasteiger partial charge in [0.1, 0.15) is 6.29 Å². The number of hydrogen-bond donors (Lipinski definition) is 0. The standard InChI is InChI=1S/C21H28F3N.C3H3NO.C2H6/c1-16-5-7-17(8-6-16)9-12-25-13-10-18(11-14-25)19-3-2-4-20(15-19)21(22,23)24;4-2-1-3-5;1-2/h2-4,10,15-17H,5-9,11-14H2,1H3;3H,1H2;1-2H3. The molecular formula is C26H37F3N2O. The van der Waals surface area contributed by atoms with Crippen molar-refractivity contribution in [3.05, 3.63) is 41.5 Å². The second-order valence-electron chi connectivity index (χ2n) is 8.30. The topological polar surface area (TPSA) is 44.1 Å². The molecule has 1 heterocycles. The Kier molecular flexibility index (Phi) is 12.9. The van der Waals surface area contributed by atoms with Crippen molar-refractivity contribution in [2.24, 2.45) is 11.8 Å². The molecule has 1 aliphatic heterocycles. The van der Waals surface area contributed by atoms with Gasteiger partial charge in [0.15, 0.2) is 0 Å². The second kappa shape index (κ2) is 14.8. The number of aldehydes is 1. The lowest BCUT2D eigenvalue weighted by atomic mass is 9.81. The minimum absolute atomic E-state index is 0.0139. The first-order chi connectivity index (χ1) is 15.3. The summed E-state index contributed by atoms with van der Waals surface area (Å²) in [5, 5.41) is 7.58. The van der Waals surface area contributed by atoms with Crippen LogP contribution in [0.25, 0.3) is 5.57 Å². The van der Waals surface area contributed by atoms with Crippen LogP contribution >= 0.6 is 0 Å². The number of carbonyl (C=O) groups is 1. The zero-order valence-corrected chi connectivity index (χ0v) is 19.6. The molecule has 1 aliphatic carbocycles. The van der Waals surface area contributed by atoms with Gasteiger partial charge in [-0.1, -0.05) is 64.7 Å². The maximum atomic E-state index is 12.9. The molecule has 3 nitrogen and oxygen atoms in total. The Balaban J connectivity index is 0.000000646. The highest BCUT2D eigenvalue weighted by molar-refractivity contribution is 5.67. The van der Waals surface area contributed by atoms with Crippen molar-refractivity contribution >= 4 is 11.9 Å². The molecule has 6 heteroatoms. The van der Waals surface area contributed by atoms with Crippen LogP contribution in [0.4, 0.5) is 13.2 Å². The van der Waals surface area contributed by atoms with Crippen molar-refractivity contribution in [1.82, 2.24) is 4.90 Å². The minimum atomic E-state index is -4.27. The normalized spacial score (nSPS) is 21.1. The van der Waals surface area contributed by atoms with Crippen molar-refractivity contribution in [2.75, 3.05) is 19.6 Å². The van der Waals surface area contributed by atoms with Crippen LogP contribution in [0.2, 0.25) is 0 Å². The molecule has 1 saturated carbocycles. The molecule has 0 unspecified atom stereocenters. The van der Waals surface area contributed by atoms with E-state index in [1.165, 1.54) is 44.2 Å². The Hall–Kier alpha value is -2.13. The van der Waals surface area contributed by atoms with Gasteiger partial charge in [-0.3, -0.25) is 4.90 Å². The summed E-state index contributed by atoms with van der Waals surface area (Å²) in [5.74, 6) is 1.76. The van der Waals surface area contributed by atoms with Crippen molar-refractivity contribution in [1.29, 1.82) is 5.26 Å². The fourth-order valence-corrected chi connectivity index (χ4v) is 4.09. The summed E-state index contributed by atoms with van der Waals surface area (Å²) in [6, 6.07) is 7.38. The number of benzene rings is 1. The maximum Gasteiger partial charge on any atom is 0.416 e. The van der Waals surface area contributed by atoms with Gasteiger partial charge in [-0.05, 0) is 54.5 Å². The third-order valence-corrected chi connectivity index (χ3v) is 6.02. The summed E-state index contributed by atoms with van der Waals surface area (Å²) >= 11 is 0. The lowest BCUT2D eigenvalue weighted by molar-refractivity contribution is -0.137. The number of carbonyl (C=O) groups excluding carboxylic acids is 1. The van der Waals surface area contributed by atoms with E-state index in [4.69, 9.17) is 5.26 Å². The number of nitriles is 1. The average molecular weight is 451 g/mol. The van der Waals surface area contributed by atoms with Crippen molar-refractivity contribution in [3.63, 3.8) is 0 Å². The SMILES string of the molecule is CC.CC1CCC(CCN2CC=C(c3cccc(C(F)(F)F)c3)CC2)CC1.N#CCC=O. The van der Waals surface area contributed by atoms with E-state index in [0.717, 1.165) is 55.1 Å². The fourth-order valence-electron chi connectivity index (χ4n) is 4.09. The average Bonchev–Trinajstić information content (AvgIpc) is 2.81. The van der Waals surface area contributed by atoms with E-state index < -0.39 is 11.7 Å². The first kappa shape index (κ1) is 27.9. The molecule has 0 atom stereocenters. The lowest BCUT2D eigenvalue weighted by Gasteiger charge is -2.30. The summed E-state index contributed by atoms with van der Waals surface area (Å²) in [5.41, 5.74) is 1.21. The van der Waals surface area contributed by atoms with Gasteiger partial charge in [0.25, 0.3) is 0 Å². The van der Waals surface area contributed by atoms with E-state index in [2.05, 4.69) is 17.9 Å². The molecule has 0 saturated heterocycles. The highest BCUT2D eigenvalue weighted by Gasteiger charge is 2.30. The van der Waals surface area contributed by atoms with Gasteiger partial charge in [-0.2, -0.15) is 18.4 Å². The molecule has 0 aromatic heterocycles. The molecular weight excluding hydrogens is 413 g/mol. The van der Waals surface area contributed by atoms with Crippen LogP contribution in [0.1, 0.15) is 76.8 Å². The van der Waals surface area contributed by atoms with Gasteiger partial charge in [0.2, 0.25) is 0 Å². The first-order valence-corrected chi connectivity index (χ1v) is 11.7. The monoisotopic (exact) mass is 450 g/mol. The van der Waals surface area contributed by atoms with Crippen LogP contribution in [0.15, 0.2) is 30.3 Å². The van der Waals surface area contributed by atoms with Gasteiger partial charge < -0.3 is 4.79 Å². The molecule has 2 aliphatic rings. The van der Waals surface area contributed by atoms with Crippen LogP contribution in [0.5, 0.6) is 0 Å². The predicted octanol–water partition coefficient (Wildman–Crippen LogP) is 7.14. The number of nitrogens with zero attached hydrogens (tertiary/aromatic N) is 2. The highest BCUT2D eigenvalue weighted by atomic mass is 19.4. The molecule has 32 heavy (non-hydrogen) atoms. The van der Waals surface area contributed by atoms with E-state index >= 15 is 0 Å². The molecule has 0 bridgehead atoms. The van der Waals surface area contributed by atoms with E-state index in [1.807, 2.05) is 13.8 Å². The highest BCUT2D eigenvalue weighted by Crippen LogP contribution is 2.33. The summed E-state index contributed by atoms with van der Waals surface area (Å²) in [6.07, 6.45) is 5.98. The van der Waals surface area contributed by atoms with Crippen LogP contribution in [-0.2, 0) is 11.0 Å². The largest absolute Gasteiger partial charge is 0.416 e. The van der Waals surface area contributed by atoms with Crippen molar-refractivity contribution < 1.29 is 18.0 Å². The molecule has 1 fully saturated rings. The maximum absolute atomic E-state index is 12.9. The van der Waals surface area contributed by atoms with Crippen molar-refractivity contribution in [2.45, 2.75) is 71.9 Å². The van der Waals surface area contributed by atoms with Crippen molar-refractivity contribution in [3.8, 4) is 6.07 Å². The van der Waals surface area contributed by atoms with Gasteiger partial charge in [0.05, 0.1) is 18.1 Å². The van der Waals surface area contributed by atoms with Gasteiger partial charge in [-0.15, -0.1) is 0 Å². The van der Waals surface area contributed by atoms with E-state index in [0.29, 0.717) is 6.29 Å². The Morgan fingerprint density at radius 2 is 1.88 bits per heavy atom. The number of alkyl halides is 3. The van der Waals surface area contributed by atoms with Crippen LogP contribution < -0.4 is 0 Å². The third-order valence-electron chi connectivity index (χ3n) is 6.02. The summed E-state index contributed by atoms with van der Waals surface area (Å²) < 4.78 is 38.6. The number of hydrogen-bond acceptors (Lipinski definition) is 3. The predicted molar refractivity (Wildman–Crippen MR) is 124 cm³/mol. The molecule has 1 aromatic carbocycles. The van der Waals surface area contributed by atoms with Crippen LogP contribution in [0, 0.1) is 23.2 Å². The first-order valence-electron chi connectivity index (χ1n) is 11.7. The smallest absolute Gasteiger partial charge is 0.302 e. The van der Waals surface area contributed by atoms with Crippen LogP contribution in [0.3, 0.4) is 0 Å². The Bertz CT molecular complexity index is 744. The Morgan fingerprint density at radius 1 is 1.19 bits per heavy atom. The Morgan fingerprint density at radius 3 is 2.38 bits per heavy atom. The van der Waals surface area contributed by atoms with E-state index in [9.17, 15) is 18.0 Å².